The Labute approximate surface area is 175 Å². The van der Waals surface area contributed by atoms with Crippen LogP contribution in [0.1, 0.15) is 22.7 Å². The number of nitriles is 1. The molecule has 4 rings (SSSR count). The molecular formula is C24H22N4O2. The highest BCUT2D eigenvalue weighted by Gasteiger charge is 2.29. The van der Waals surface area contributed by atoms with E-state index in [1.54, 1.807) is 12.1 Å². The van der Waals surface area contributed by atoms with E-state index in [0.717, 1.165) is 13.1 Å². The van der Waals surface area contributed by atoms with Gasteiger partial charge in [-0.1, -0.05) is 60.7 Å². The van der Waals surface area contributed by atoms with Crippen LogP contribution < -0.4 is 4.90 Å². The summed E-state index contributed by atoms with van der Waals surface area (Å²) in [5, 5.41) is 20.6. The molecule has 1 aliphatic heterocycles. The Morgan fingerprint density at radius 3 is 1.93 bits per heavy atom. The van der Waals surface area contributed by atoms with E-state index < -0.39 is 4.92 Å². The van der Waals surface area contributed by atoms with Crippen molar-refractivity contribution in [3.8, 4) is 6.07 Å². The van der Waals surface area contributed by atoms with E-state index in [-0.39, 0.29) is 11.7 Å². The third kappa shape index (κ3) is 4.02. The minimum atomic E-state index is -0.403. The maximum Gasteiger partial charge on any atom is 0.293 e. The Hall–Kier alpha value is -3.69. The minimum absolute atomic E-state index is 0.00910. The topological polar surface area (TPSA) is 73.4 Å². The van der Waals surface area contributed by atoms with Crippen LogP contribution in [0.15, 0.2) is 78.9 Å². The van der Waals surface area contributed by atoms with Gasteiger partial charge in [0.05, 0.1) is 22.6 Å². The highest BCUT2D eigenvalue weighted by atomic mass is 16.6. The molecule has 0 aromatic heterocycles. The molecular weight excluding hydrogens is 376 g/mol. The van der Waals surface area contributed by atoms with Crippen LogP contribution in [0.4, 0.5) is 11.4 Å². The average molecular weight is 398 g/mol. The highest BCUT2D eigenvalue weighted by molar-refractivity contribution is 5.66. The lowest BCUT2D eigenvalue weighted by Crippen LogP contribution is -2.48. The zero-order valence-electron chi connectivity index (χ0n) is 16.5. The summed E-state index contributed by atoms with van der Waals surface area (Å²) in [5.41, 5.74) is 3.35. The summed E-state index contributed by atoms with van der Waals surface area (Å²) in [6.07, 6.45) is 0. The fourth-order valence-electron chi connectivity index (χ4n) is 4.11. The molecule has 0 spiro atoms. The van der Waals surface area contributed by atoms with Crippen LogP contribution in [0.2, 0.25) is 0 Å². The van der Waals surface area contributed by atoms with Crippen LogP contribution in [0, 0.1) is 21.4 Å². The second-order valence-electron chi connectivity index (χ2n) is 7.32. The quantitative estimate of drug-likeness (QED) is 0.471. The summed E-state index contributed by atoms with van der Waals surface area (Å²) >= 11 is 0. The number of hydrogen-bond acceptors (Lipinski definition) is 5. The van der Waals surface area contributed by atoms with E-state index in [0.29, 0.717) is 24.3 Å². The molecule has 3 aromatic rings. The number of nitro benzene ring substituents is 1. The first-order chi connectivity index (χ1) is 14.7. The summed E-state index contributed by atoms with van der Waals surface area (Å²) in [6.45, 7) is 2.93. The van der Waals surface area contributed by atoms with Crippen LogP contribution in [0.5, 0.6) is 0 Å². The molecule has 0 atom stereocenters. The summed E-state index contributed by atoms with van der Waals surface area (Å²) in [7, 11) is 0. The van der Waals surface area contributed by atoms with Crippen molar-refractivity contribution in [2.24, 2.45) is 0 Å². The zero-order chi connectivity index (χ0) is 20.9. The highest BCUT2D eigenvalue weighted by Crippen LogP contribution is 2.33. The van der Waals surface area contributed by atoms with Crippen molar-refractivity contribution >= 4 is 11.4 Å². The van der Waals surface area contributed by atoms with Gasteiger partial charge >= 0.3 is 0 Å². The first-order valence-corrected chi connectivity index (χ1v) is 9.95. The Morgan fingerprint density at radius 2 is 1.43 bits per heavy atom. The minimum Gasteiger partial charge on any atom is -0.363 e. The largest absolute Gasteiger partial charge is 0.363 e. The molecule has 0 unspecified atom stereocenters. The molecule has 0 radical (unpaired) electrons. The molecule has 30 heavy (non-hydrogen) atoms. The Balaban J connectivity index is 1.58. The summed E-state index contributed by atoms with van der Waals surface area (Å²) in [6, 6.07) is 27.7. The summed E-state index contributed by atoms with van der Waals surface area (Å²) in [5.74, 6) is 0. The normalized spacial score (nSPS) is 14.5. The van der Waals surface area contributed by atoms with Gasteiger partial charge in [0.1, 0.15) is 5.69 Å². The van der Waals surface area contributed by atoms with Gasteiger partial charge < -0.3 is 4.90 Å². The lowest BCUT2D eigenvalue weighted by Gasteiger charge is -2.40. The maximum atomic E-state index is 11.5. The van der Waals surface area contributed by atoms with Crippen LogP contribution in [0.25, 0.3) is 0 Å². The average Bonchev–Trinajstić information content (AvgIpc) is 2.81. The maximum absolute atomic E-state index is 11.5. The van der Waals surface area contributed by atoms with Crippen LogP contribution >= 0.6 is 0 Å². The van der Waals surface area contributed by atoms with E-state index in [2.05, 4.69) is 53.4 Å². The summed E-state index contributed by atoms with van der Waals surface area (Å²) in [4.78, 5) is 15.6. The lowest BCUT2D eigenvalue weighted by atomic mass is 9.96. The first kappa shape index (κ1) is 19.6. The van der Waals surface area contributed by atoms with Gasteiger partial charge in [0.2, 0.25) is 0 Å². The molecule has 0 aliphatic carbocycles. The lowest BCUT2D eigenvalue weighted by molar-refractivity contribution is -0.384. The number of nitro groups is 1. The first-order valence-electron chi connectivity index (χ1n) is 9.95. The molecule has 3 aromatic carbocycles. The van der Waals surface area contributed by atoms with Gasteiger partial charge in [-0.2, -0.15) is 5.26 Å². The van der Waals surface area contributed by atoms with Gasteiger partial charge in [-0.15, -0.1) is 0 Å². The standard InChI is InChI=1S/C24H22N4O2/c25-18-19-11-12-22(23(17-19)28(29)30)26-13-15-27(16-14-26)24(20-7-3-1-4-8-20)21-9-5-2-6-10-21/h1-12,17,24H,13-16H2. The third-order valence-electron chi connectivity index (χ3n) is 5.55. The number of hydrogen-bond donors (Lipinski definition) is 0. The fraction of sp³-hybridized carbons (Fsp3) is 0.208. The van der Waals surface area contributed by atoms with Gasteiger partial charge in [0, 0.05) is 32.2 Å². The third-order valence-corrected chi connectivity index (χ3v) is 5.55. The van der Waals surface area contributed by atoms with E-state index in [1.807, 2.05) is 23.1 Å². The fourth-order valence-corrected chi connectivity index (χ4v) is 4.11. The smallest absolute Gasteiger partial charge is 0.293 e. The number of benzene rings is 3. The molecule has 1 saturated heterocycles. The predicted molar refractivity (Wildman–Crippen MR) is 116 cm³/mol. The zero-order valence-corrected chi connectivity index (χ0v) is 16.5. The van der Waals surface area contributed by atoms with Gasteiger partial charge in [0.15, 0.2) is 0 Å². The Kier molecular flexibility index (Phi) is 5.73. The van der Waals surface area contributed by atoms with Crippen LogP contribution in [-0.2, 0) is 0 Å². The van der Waals surface area contributed by atoms with E-state index in [1.165, 1.54) is 17.2 Å². The van der Waals surface area contributed by atoms with Gasteiger partial charge in [-0.05, 0) is 23.3 Å². The Morgan fingerprint density at radius 1 is 0.867 bits per heavy atom. The van der Waals surface area contributed by atoms with E-state index in [4.69, 9.17) is 5.26 Å². The second-order valence-corrected chi connectivity index (χ2v) is 7.32. The molecule has 6 nitrogen and oxygen atoms in total. The Bertz CT molecular complexity index is 1020. The number of rotatable bonds is 5. The molecule has 1 aliphatic rings. The molecule has 0 amide bonds. The molecule has 0 saturated carbocycles. The molecule has 1 fully saturated rings. The molecule has 150 valence electrons. The van der Waals surface area contributed by atoms with Gasteiger partial charge in [0.25, 0.3) is 5.69 Å². The summed E-state index contributed by atoms with van der Waals surface area (Å²) < 4.78 is 0. The predicted octanol–water partition coefficient (Wildman–Crippen LogP) is 4.38. The van der Waals surface area contributed by atoms with Crippen molar-refractivity contribution in [2.45, 2.75) is 6.04 Å². The van der Waals surface area contributed by atoms with Crippen LogP contribution in [0.3, 0.4) is 0 Å². The van der Waals surface area contributed by atoms with Crippen LogP contribution in [-0.4, -0.2) is 36.0 Å². The van der Waals surface area contributed by atoms with E-state index >= 15 is 0 Å². The van der Waals surface area contributed by atoms with Crippen molar-refractivity contribution in [1.29, 1.82) is 5.26 Å². The molecule has 0 bridgehead atoms. The number of anilines is 1. The van der Waals surface area contributed by atoms with Crippen molar-refractivity contribution in [3.05, 3.63) is 106 Å². The van der Waals surface area contributed by atoms with Gasteiger partial charge in [-0.25, -0.2) is 0 Å². The van der Waals surface area contributed by atoms with Crippen molar-refractivity contribution in [3.63, 3.8) is 0 Å². The second kappa shape index (κ2) is 8.76. The van der Waals surface area contributed by atoms with Gasteiger partial charge in [-0.3, -0.25) is 15.0 Å². The van der Waals surface area contributed by atoms with Crippen molar-refractivity contribution < 1.29 is 4.92 Å². The number of nitrogens with zero attached hydrogens (tertiary/aromatic N) is 4. The van der Waals surface area contributed by atoms with E-state index in [9.17, 15) is 10.1 Å². The van der Waals surface area contributed by atoms with Crippen molar-refractivity contribution in [1.82, 2.24) is 4.90 Å². The van der Waals surface area contributed by atoms with Crippen molar-refractivity contribution in [2.75, 3.05) is 31.1 Å². The molecule has 0 N–H and O–H groups in total. The molecule has 6 heteroatoms. The monoisotopic (exact) mass is 398 g/mol. The molecule has 1 heterocycles. The SMILES string of the molecule is N#Cc1ccc(N2CCN(C(c3ccccc3)c3ccccc3)CC2)c([N+](=O)[O-])c1. The number of piperazine rings is 1.